The molecule has 4 nitrogen and oxygen atoms in total. The van der Waals surface area contributed by atoms with Gasteiger partial charge in [-0.3, -0.25) is 4.79 Å². The lowest BCUT2D eigenvalue weighted by molar-refractivity contribution is 0.0229. The summed E-state index contributed by atoms with van der Waals surface area (Å²) in [4.78, 5) is 12.0. The summed E-state index contributed by atoms with van der Waals surface area (Å²) in [6, 6.07) is 6.97. The number of hydrogen-bond donors (Lipinski definition) is 2. The third kappa shape index (κ3) is 5.12. The zero-order valence-corrected chi connectivity index (χ0v) is 11.5. The number of nitrogens with one attached hydrogen (secondary N) is 1. The minimum atomic E-state index is -0.399. The highest BCUT2D eigenvalue weighted by Crippen LogP contribution is 2.07. The molecule has 0 atom stereocenters. The fraction of sp³-hybridized carbons (Fsp3) is 0.400. The van der Waals surface area contributed by atoms with Gasteiger partial charge in [-0.05, 0) is 32.0 Å². The van der Waals surface area contributed by atoms with Crippen LogP contribution in [0.15, 0.2) is 24.3 Å². The van der Waals surface area contributed by atoms with Gasteiger partial charge in [-0.25, -0.2) is 0 Å². The fourth-order valence-corrected chi connectivity index (χ4v) is 1.35. The Labute approximate surface area is 113 Å². The molecule has 1 amide bonds. The standard InChI is InChI=1S/C15H19NO3/c1-15(2,19-3)11-16-14(18)13-8-4-6-12(10-13)7-5-9-17/h4,6,8,10,17H,9,11H2,1-3H3,(H,16,18). The molecule has 4 heteroatoms. The van der Waals surface area contributed by atoms with Crippen molar-refractivity contribution < 1.29 is 14.6 Å². The molecule has 0 aromatic heterocycles. The van der Waals surface area contributed by atoms with Gasteiger partial charge in [0.2, 0.25) is 0 Å². The van der Waals surface area contributed by atoms with E-state index in [2.05, 4.69) is 17.2 Å². The third-order valence-electron chi connectivity index (χ3n) is 2.66. The fourth-order valence-electron chi connectivity index (χ4n) is 1.35. The maximum absolute atomic E-state index is 12.0. The molecule has 0 saturated carbocycles. The Bertz CT molecular complexity index is 498. The highest BCUT2D eigenvalue weighted by Gasteiger charge is 2.17. The largest absolute Gasteiger partial charge is 0.384 e. The topological polar surface area (TPSA) is 58.6 Å². The van der Waals surface area contributed by atoms with Crippen molar-refractivity contribution in [1.82, 2.24) is 5.32 Å². The molecule has 2 N–H and O–H groups in total. The lowest BCUT2D eigenvalue weighted by atomic mass is 10.1. The number of rotatable bonds is 4. The summed E-state index contributed by atoms with van der Waals surface area (Å²) < 4.78 is 5.24. The zero-order valence-electron chi connectivity index (χ0n) is 11.5. The van der Waals surface area contributed by atoms with Crippen molar-refractivity contribution in [3.63, 3.8) is 0 Å². The van der Waals surface area contributed by atoms with E-state index in [-0.39, 0.29) is 12.5 Å². The monoisotopic (exact) mass is 261 g/mol. The van der Waals surface area contributed by atoms with Gasteiger partial charge in [0.1, 0.15) is 6.61 Å². The molecule has 19 heavy (non-hydrogen) atoms. The Hall–Kier alpha value is -1.83. The summed E-state index contributed by atoms with van der Waals surface area (Å²) >= 11 is 0. The predicted molar refractivity (Wildman–Crippen MR) is 73.8 cm³/mol. The Morgan fingerprint density at radius 3 is 2.84 bits per heavy atom. The number of benzene rings is 1. The van der Waals surface area contributed by atoms with E-state index in [1.165, 1.54) is 0 Å². The van der Waals surface area contributed by atoms with Crippen LogP contribution >= 0.6 is 0 Å². The van der Waals surface area contributed by atoms with Gasteiger partial charge in [-0.15, -0.1) is 0 Å². The number of hydrogen-bond acceptors (Lipinski definition) is 3. The molecule has 0 aliphatic rings. The van der Waals surface area contributed by atoms with E-state index < -0.39 is 5.60 Å². The normalized spacial score (nSPS) is 10.5. The van der Waals surface area contributed by atoms with E-state index in [0.29, 0.717) is 17.7 Å². The Morgan fingerprint density at radius 1 is 1.47 bits per heavy atom. The molecule has 0 fully saturated rings. The Kier molecular flexibility index (Phi) is 5.56. The summed E-state index contributed by atoms with van der Waals surface area (Å²) in [6.45, 7) is 4.03. The van der Waals surface area contributed by atoms with Gasteiger partial charge in [0.05, 0.1) is 5.60 Å². The van der Waals surface area contributed by atoms with Gasteiger partial charge in [-0.1, -0.05) is 17.9 Å². The average Bonchev–Trinajstić information content (AvgIpc) is 2.43. The van der Waals surface area contributed by atoms with E-state index in [9.17, 15) is 4.79 Å². The molecule has 1 rings (SSSR count). The lowest BCUT2D eigenvalue weighted by Crippen LogP contribution is -2.39. The molecule has 0 unspecified atom stereocenters. The van der Waals surface area contributed by atoms with E-state index in [4.69, 9.17) is 9.84 Å². The smallest absolute Gasteiger partial charge is 0.251 e. The summed E-state index contributed by atoms with van der Waals surface area (Å²) in [5.41, 5.74) is 0.841. The van der Waals surface area contributed by atoms with Gasteiger partial charge >= 0.3 is 0 Å². The molecular formula is C15H19NO3. The molecule has 0 radical (unpaired) electrons. The van der Waals surface area contributed by atoms with Gasteiger partial charge in [-0.2, -0.15) is 0 Å². The van der Waals surface area contributed by atoms with Crippen LogP contribution in [0.5, 0.6) is 0 Å². The molecule has 1 aromatic carbocycles. The third-order valence-corrected chi connectivity index (χ3v) is 2.66. The number of methoxy groups -OCH3 is 1. The van der Waals surface area contributed by atoms with Crippen molar-refractivity contribution >= 4 is 5.91 Å². The molecule has 0 heterocycles. The first kappa shape index (κ1) is 15.2. The summed E-state index contributed by atoms with van der Waals surface area (Å²) in [5.74, 6) is 5.15. The van der Waals surface area contributed by atoms with Crippen molar-refractivity contribution in [2.24, 2.45) is 0 Å². The van der Waals surface area contributed by atoms with Gasteiger partial charge in [0.25, 0.3) is 5.91 Å². The number of aliphatic hydroxyl groups excluding tert-OH is 1. The first-order valence-electron chi connectivity index (χ1n) is 6.01. The highest BCUT2D eigenvalue weighted by molar-refractivity contribution is 5.94. The molecule has 102 valence electrons. The second-order valence-electron chi connectivity index (χ2n) is 4.69. The van der Waals surface area contributed by atoms with Crippen molar-refractivity contribution in [3.05, 3.63) is 35.4 Å². The second-order valence-corrected chi connectivity index (χ2v) is 4.69. The average molecular weight is 261 g/mol. The first-order chi connectivity index (χ1) is 8.98. The van der Waals surface area contributed by atoms with Crippen LogP contribution in [0.4, 0.5) is 0 Å². The molecule has 0 spiro atoms. The van der Waals surface area contributed by atoms with Gasteiger partial charge in [0.15, 0.2) is 0 Å². The Balaban J connectivity index is 2.72. The van der Waals surface area contributed by atoms with Crippen LogP contribution in [0.2, 0.25) is 0 Å². The van der Waals surface area contributed by atoms with Gasteiger partial charge in [0, 0.05) is 24.8 Å². The van der Waals surface area contributed by atoms with E-state index in [0.717, 1.165) is 0 Å². The van der Waals surface area contributed by atoms with E-state index in [1.807, 2.05) is 13.8 Å². The van der Waals surface area contributed by atoms with Crippen LogP contribution in [-0.2, 0) is 4.74 Å². The van der Waals surface area contributed by atoms with Crippen molar-refractivity contribution in [3.8, 4) is 11.8 Å². The highest BCUT2D eigenvalue weighted by atomic mass is 16.5. The van der Waals surface area contributed by atoms with Gasteiger partial charge < -0.3 is 15.2 Å². The quantitative estimate of drug-likeness (QED) is 0.800. The molecule has 1 aromatic rings. The molecular weight excluding hydrogens is 242 g/mol. The number of carbonyl (C=O) groups is 1. The molecule has 0 saturated heterocycles. The van der Waals surface area contributed by atoms with E-state index in [1.54, 1.807) is 31.4 Å². The SMILES string of the molecule is COC(C)(C)CNC(=O)c1cccc(C#CCO)c1. The molecule has 0 aliphatic heterocycles. The van der Waals surface area contributed by atoms with Crippen LogP contribution < -0.4 is 5.32 Å². The maximum atomic E-state index is 12.0. The van der Waals surface area contributed by atoms with Crippen LogP contribution in [0, 0.1) is 11.8 Å². The molecule has 0 bridgehead atoms. The summed E-state index contributed by atoms with van der Waals surface area (Å²) in [7, 11) is 1.61. The van der Waals surface area contributed by atoms with Crippen LogP contribution in [-0.4, -0.2) is 36.9 Å². The Morgan fingerprint density at radius 2 is 2.21 bits per heavy atom. The zero-order chi connectivity index (χ0) is 14.3. The predicted octanol–water partition coefficient (Wildman–Crippen LogP) is 1.19. The van der Waals surface area contributed by atoms with Crippen molar-refractivity contribution in [2.45, 2.75) is 19.4 Å². The van der Waals surface area contributed by atoms with Crippen molar-refractivity contribution in [1.29, 1.82) is 0 Å². The minimum Gasteiger partial charge on any atom is -0.384 e. The summed E-state index contributed by atoms with van der Waals surface area (Å²) in [6.07, 6.45) is 0. The summed E-state index contributed by atoms with van der Waals surface area (Å²) in [5, 5.41) is 11.5. The number of aliphatic hydroxyl groups is 1. The maximum Gasteiger partial charge on any atom is 0.251 e. The molecule has 0 aliphatic carbocycles. The number of ether oxygens (including phenoxy) is 1. The lowest BCUT2D eigenvalue weighted by Gasteiger charge is -2.23. The van der Waals surface area contributed by atoms with E-state index >= 15 is 0 Å². The van der Waals surface area contributed by atoms with Crippen LogP contribution in [0.1, 0.15) is 29.8 Å². The second kappa shape index (κ2) is 6.93. The van der Waals surface area contributed by atoms with Crippen LogP contribution in [0.25, 0.3) is 0 Å². The number of amides is 1. The van der Waals surface area contributed by atoms with Crippen molar-refractivity contribution in [2.75, 3.05) is 20.3 Å². The van der Waals surface area contributed by atoms with Crippen LogP contribution in [0.3, 0.4) is 0 Å². The first-order valence-corrected chi connectivity index (χ1v) is 6.01. The minimum absolute atomic E-state index is 0.169. The number of carbonyl (C=O) groups excluding carboxylic acids is 1.